The third kappa shape index (κ3) is 4.85. The molecular weight excluding hydrogens is 528 g/mol. The van der Waals surface area contributed by atoms with E-state index in [1.807, 2.05) is 0 Å². The van der Waals surface area contributed by atoms with E-state index < -0.39 is 11.7 Å². The van der Waals surface area contributed by atoms with E-state index in [-0.39, 0.29) is 28.1 Å². The second-order valence-corrected chi connectivity index (χ2v) is 9.51. The summed E-state index contributed by atoms with van der Waals surface area (Å²) in [7, 11) is 0. The number of halogens is 6. The molecule has 0 N–H and O–H groups in total. The van der Waals surface area contributed by atoms with Crippen molar-refractivity contribution in [2.45, 2.75) is 25.4 Å². The van der Waals surface area contributed by atoms with Crippen LogP contribution >= 0.6 is 34.8 Å². The molecule has 1 aromatic carbocycles. The summed E-state index contributed by atoms with van der Waals surface area (Å²) in [6.45, 7) is 4.51. The highest BCUT2D eigenvalue weighted by Gasteiger charge is 2.32. The van der Waals surface area contributed by atoms with Gasteiger partial charge in [0.2, 0.25) is 5.82 Å². The summed E-state index contributed by atoms with van der Waals surface area (Å²) < 4.78 is 51.6. The van der Waals surface area contributed by atoms with E-state index in [0.717, 1.165) is 35.9 Å². The Labute approximate surface area is 212 Å². The van der Waals surface area contributed by atoms with Crippen molar-refractivity contribution in [1.29, 1.82) is 0 Å². The minimum atomic E-state index is -4.56. The van der Waals surface area contributed by atoms with E-state index in [1.54, 1.807) is 12.1 Å². The summed E-state index contributed by atoms with van der Waals surface area (Å²) >= 11 is 18.8. The highest BCUT2D eigenvalue weighted by molar-refractivity contribution is 6.36. The maximum absolute atomic E-state index is 13.1. The molecule has 5 rings (SSSR count). The zero-order valence-corrected chi connectivity index (χ0v) is 20.1. The quantitative estimate of drug-likeness (QED) is 0.241. The molecule has 0 amide bonds. The number of fused-ring (bicyclic) bond motifs is 1. The summed E-state index contributed by atoms with van der Waals surface area (Å²) in [5, 5.41) is 4.37. The lowest BCUT2D eigenvalue weighted by Crippen LogP contribution is -2.08. The lowest BCUT2D eigenvalue weighted by Gasteiger charge is -2.13. The van der Waals surface area contributed by atoms with Crippen LogP contribution in [0, 0.1) is 5.92 Å². The summed E-state index contributed by atoms with van der Waals surface area (Å²) in [5.74, 6) is 0.937. The number of benzene rings is 1. The number of allylic oxidation sites excluding steroid dienone is 1. The van der Waals surface area contributed by atoms with Gasteiger partial charge in [-0.15, -0.1) is 0 Å². The highest BCUT2D eigenvalue weighted by atomic mass is 35.5. The molecule has 1 aliphatic rings. The van der Waals surface area contributed by atoms with Crippen LogP contribution in [0.25, 0.3) is 28.6 Å². The molecule has 182 valence electrons. The Balaban J connectivity index is 1.40. The van der Waals surface area contributed by atoms with E-state index in [1.165, 1.54) is 11.8 Å². The van der Waals surface area contributed by atoms with Gasteiger partial charge in [-0.25, -0.2) is 4.98 Å². The fourth-order valence-electron chi connectivity index (χ4n) is 3.93. The molecule has 0 aliphatic heterocycles. The minimum Gasteiger partial charge on any atom is -0.492 e. The van der Waals surface area contributed by atoms with Crippen molar-refractivity contribution >= 4 is 40.4 Å². The van der Waals surface area contributed by atoms with Crippen molar-refractivity contribution in [1.82, 2.24) is 19.5 Å². The number of alkyl halides is 3. The minimum absolute atomic E-state index is 0.0256. The summed E-state index contributed by atoms with van der Waals surface area (Å²) in [5.41, 5.74) is 0.967. The SMILES string of the molecule is C=C1CC[C@@H](COc2cc(Cl)c(-c3noc(-c4cn5cc(C(F)(F)F)cc(Cl)c5n4)n3)cc2Cl)C1. The molecule has 0 spiro atoms. The van der Waals surface area contributed by atoms with Crippen molar-refractivity contribution in [3.05, 3.63) is 63.4 Å². The van der Waals surface area contributed by atoms with Gasteiger partial charge in [0.15, 0.2) is 5.65 Å². The van der Waals surface area contributed by atoms with Crippen LogP contribution in [0.4, 0.5) is 13.2 Å². The van der Waals surface area contributed by atoms with Gasteiger partial charge in [-0.1, -0.05) is 52.1 Å². The van der Waals surface area contributed by atoms with Crippen molar-refractivity contribution < 1.29 is 22.4 Å². The Morgan fingerprint density at radius 1 is 1.09 bits per heavy atom. The van der Waals surface area contributed by atoms with Gasteiger partial charge < -0.3 is 13.7 Å². The molecule has 3 aromatic heterocycles. The Hall–Kier alpha value is -2.75. The predicted molar refractivity (Wildman–Crippen MR) is 126 cm³/mol. The van der Waals surface area contributed by atoms with Gasteiger partial charge in [0.05, 0.1) is 27.2 Å². The Bertz CT molecular complexity index is 1450. The molecule has 1 atom stereocenters. The first-order valence-corrected chi connectivity index (χ1v) is 11.6. The van der Waals surface area contributed by atoms with E-state index >= 15 is 0 Å². The van der Waals surface area contributed by atoms with Crippen LogP contribution in [-0.4, -0.2) is 26.1 Å². The molecular formula is C23H16Cl3F3N4O2. The van der Waals surface area contributed by atoms with Crippen LogP contribution in [-0.2, 0) is 6.18 Å². The molecule has 1 fully saturated rings. The molecule has 1 aliphatic carbocycles. The fraction of sp³-hybridized carbons (Fsp3) is 0.261. The molecule has 0 unspecified atom stereocenters. The molecule has 0 radical (unpaired) electrons. The van der Waals surface area contributed by atoms with Crippen LogP contribution in [0.3, 0.4) is 0 Å². The molecule has 1 saturated carbocycles. The number of nitrogens with zero attached hydrogens (tertiary/aromatic N) is 4. The average Bonchev–Trinajstić information content (AvgIpc) is 3.52. The van der Waals surface area contributed by atoms with Gasteiger partial charge in [0.25, 0.3) is 5.89 Å². The monoisotopic (exact) mass is 542 g/mol. The summed E-state index contributed by atoms with van der Waals surface area (Å²) in [6, 6.07) is 3.96. The van der Waals surface area contributed by atoms with Crippen molar-refractivity contribution in [2.24, 2.45) is 5.92 Å². The van der Waals surface area contributed by atoms with Crippen LogP contribution in [0.2, 0.25) is 15.1 Å². The molecule has 4 aromatic rings. The molecule has 12 heteroatoms. The first kappa shape index (κ1) is 24.0. The van der Waals surface area contributed by atoms with Gasteiger partial charge in [0.1, 0.15) is 11.4 Å². The number of hydrogen-bond donors (Lipinski definition) is 0. The smallest absolute Gasteiger partial charge is 0.417 e. The van der Waals surface area contributed by atoms with Crippen molar-refractivity contribution in [3.63, 3.8) is 0 Å². The molecule has 0 bridgehead atoms. The van der Waals surface area contributed by atoms with E-state index in [0.29, 0.717) is 33.9 Å². The predicted octanol–water partition coefficient (Wildman–Crippen LogP) is 7.77. The largest absolute Gasteiger partial charge is 0.492 e. The van der Waals surface area contributed by atoms with Gasteiger partial charge in [-0.3, -0.25) is 0 Å². The zero-order valence-electron chi connectivity index (χ0n) is 17.9. The number of hydrogen-bond acceptors (Lipinski definition) is 5. The molecule has 0 saturated heterocycles. The maximum atomic E-state index is 13.1. The van der Waals surface area contributed by atoms with Gasteiger partial charge >= 0.3 is 6.18 Å². The zero-order chi connectivity index (χ0) is 24.9. The van der Waals surface area contributed by atoms with Gasteiger partial charge in [-0.2, -0.15) is 18.2 Å². The molecule has 35 heavy (non-hydrogen) atoms. The number of imidazole rings is 1. The third-order valence-electron chi connectivity index (χ3n) is 5.70. The number of rotatable bonds is 5. The second-order valence-electron chi connectivity index (χ2n) is 8.29. The standard InChI is InChI=1S/C23H16Cl3F3N4O2/c1-11-2-3-12(4-11)10-34-19-7-15(24)14(6-16(19)25)20-31-22(35-32-20)18-9-33-8-13(23(27,28)29)5-17(26)21(33)30-18/h5-9,12H,1-4,10H2/t12-/m1/s1. The Kier molecular flexibility index (Phi) is 6.19. The Morgan fingerprint density at radius 2 is 1.89 bits per heavy atom. The lowest BCUT2D eigenvalue weighted by atomic mass is 10.1. The van der Waals surface area contributed by atoms with E-state index in [2.05, 4.69) is 21.7 Å². The normalized spacial score (nSPS) is 16.4. The highest BCUT2D eigenvalue weighted by Crippen LogP contribution is 2.38. The number of ether oxygens (including phenoxy) is 1. The summed E-state index contributed by atoms with van der Waals surface area (Å²) in [6.07, 6.45) is 0.602. The van der Waals surface area contributed by atoms with Crippen LogP contribution in [0.1, 0.15) is 24.8 Å². The maximum Gasteiger partial charge on any atom is 0.417 e. The topological polar surface area (TPSA) is 65.5 Å². The van der Waals surface area contributed by atoms with Gasteiger partial charge in [0, 0.05) is 24.0 Å². The Morgan fingerprint density at radius 3 is 2.60 bits per heavy atom. The second kappa shape index (κ2) is 9.04. The molecule has 6 nitrogen and oxygen atoms in total. The average molecular weight is 544 g/mol. The molecule has 3 heterocycles. The number of aromatic nitrogens is 4. The van der Waals surface area contributed by atoms with Crippen LogP contribution in [0.5, 0.6) is 5.75 Å². The van der Waals surface area contributed by atoms with E-state index in [9.17, 15) is 13.2 Å². The van der Waals surface area contributed by atoms with Crippen LogP contribution in [0.15, 0.2) is 47.3 Å². The fourth-order valence-corrected chi connectivity index (χ4v) is 4.65. The first-order valence-electron chi connectivity index (χ1n) is 10.5. The summed E-state index contributed by atoms with van der Waals surface area (Å²) in [4.78, 5) is 8.50. The van der Waals surface area contributed by atoms with Crippen molar-refractivity contribution in [3.8, 4) is 28.7 Å². The lowest BCUT2D eigenvalue weighted by molar-refractivity contribution is -0.137. The van der Waals surface area contributed by atoms with Crippen LogP contribution < -0.4 is 4.74 Å². The first-order chi connectivity index (χ1) is 16.6. The number of pyridine rings is 1. The third-order valence-corrected chi connectivity index (χ3v) is 6.59. The van der Waals surface area contributed by atoms with Crippen molar-refractivity contribution in [2.75, 3.05) is 6.61 Å². The van der Waals surface area contributed by atoms with Gasteiger partial charge in [-0.05, 0) is 37.3 Å². The van der Waals surface area contributed by atoms with E-state index in [4.69, 9.17) is 44.1 Å².